The zero-order chi connectivity index (χ0) is 26.5. The van der Waals surface area contributed by atoms with Crippen LogP contribution in [0.1, 0.15) is 44.7 Å². The number of amides is 4. The number of ether oxygens (including phenoxy) is 1. The molecule has 3 aliphatic rings. The van der Waals surface area contributed by atoms with E-state index in [1.54, 1.807) is 12.1 Å². The number of piperazine rings is 1. The van der Waals surface area contributed by atoms with E-state index in [0.717, 1.165) is 37.3 Å². The van der Waals surface area contributed by atoms with E-state index >= 15 is 0 Å². The molecule has 0 aliphatic carbocycles. The largest absolute Gasteiger partial charge is 0.489 e. The van der Waals surface area contributed by atoms with Crippen LogP contribution in [0.15, 0.2) is 42.5 Å². The van der Waals surface area contributed by atoms with E-state index in [1.807, 2.05) is 40.2 Å². The van der Waals surface area contributed by atoms with E-state index < -0.39 is 11.9 Å². The monoisotopic (exact) mass is 618 g/mol. The van der Waals surface area contributed by atoms with Crippen LogP contribution < -0.4 is 10.1 Å². The minimum Gasteiger partial charge on any atom is -0.489 e. The second-order valence-electron chi connectivity index (χ2n) is 9.26. The molecule has 1 N–H and O–H groups in total. The number of nitrogens with one attached hydrogen (secondary N) is 1. The van der Waals surface area contributed by atoms with Gasteiger partial charge in [-0.25, -0.2) is 0 Å². The first kappa shape index (κ1) is 27.1. The number of halogens is 1. The molecular formula is C27H31IN4O5. The molecule has 3 aliphatic heterocycles. The first-order valence-corrected chi connectivity index (χ1v) is 14.4. The van der Waals surface area contributed by atoms with Crippen LogP contribution >= 0.6 is 22.6 Å². The summed E-state index contributed by atoms with van der Waals surface area (Å²) in [5.41, 5.74) is 2.82. The van der Waals surface area contributed by atoms with Gasteiger partial charge >= 0.3 is 0 Å². The number of rotatable bonds is 5. The molecule has 1 atom stereocenters. The maximum atomic E-state index is 13.0. The number of hydrogen-bond donors (Lipinski definition) is 1. The Bertz CT molecular complexity index is 1180. The minimum absolute atomic E-state index is 0.0403. The lowest BCUT2D eigenvalue weighted by Crippen LogP contribution is -2.52. The molecule has 0 spiro atoms. The molecule has 2 aromatic rings. The molecule has 0 radical (unpaired) electrons. The Kier molecular flexibility index (Phi) is 8.80. The highest BCUT2D eigenvalue weighted by atomic mass is 127. The number of carbonyl (C=O) groups excluding carboxylic acids is 4. The summed E-state index contributed by atoms with van der Waals surface area (Å²) in [6, 6.07) is 12.1. The highest BCUT2D eigenvalue weighted by molar-refractivity contribution is 14.1. The number of carbonyl (C=O) groups is 4. The molecule has 2 saturated heterocycles. The first-order chi connectivity index (χ1) is 17.9. The summed E-state index contributed by atoms with van der Waals surface area (Å²) in [6.45, 7) is 3.76. The molecule has 196 valence electrons. The maximum Gasteiger partial charge on any atom is 0.255 e. The lowest BCUT2D eigenvalue weighted by Gasteiger charge is -2.32. The lowest BCUT2D eigenvalue weighted by molar-refractivity contribution is -0.136. The Balaban J connectivity index is 0.00000156. The van der Waals surface area contributed by atoms with Gasteiger partial charge in [0.25, 0.3) is 11.8 Å². The molecule has 0 saturated carbocycles. The average Bonchev–Trinajstić information content (AvgIpc) is 3.25. The van der Waals surface area contributed by atoms with Crippen LogP contribution in [-0.2, 0) is 22.7 Å². The number of hydrogen-bond acceptors (Lipinski definition) is 6. The van der Waals surface area contributed by atoms with Crippen LogP contribution in [0.5, 0.6) is 5.75 Å². The van der Waals surface area contributed by atoms with Crippen molar-refractivity contribution < 1.29 is 23.9 Å². The number of benzene rings is 2. The van der Waals surface area contributed by atoms with Crippen LogP contribution in [0.2, 0.25) is 0 Å². The predicted molar refractivity (Wildman–Crippen MR) is 147 cm³/mol. The molecule has 2 aromatic carbocycles. The number of likely N-dealkylation sites (N-methyl/N-ethyl adjacent to an activating group) is 1. The van der Waals surface area contributed by atoms with Gasteiger partial charge in [-0.1, -0.05) is 40.8 Å². The van der Waals surface area contributed by atoms with Crippen LogP contribution in [0.3, 0.4) is 0 Å². The highest BCUT2D eigenvalue weighted by Crippen LogP contribution is 2.34. The van der Waals surface area contributed by atoms with Crippen molar-refractivity contribution in [2.45, 2.75) is 32.0 Å². The molecule has 0 bridgehead atoms. The van der Waals surface area contributed by atoms with Gasteiger partial charge in [-0.2, -0.15) is 0 Å². The molecule has 3 heterocycles. The summed E-state index contributed by atoms with van der Waals surface area (Å²) in [4.78, 5) is 57.1. The molecule has 5 rings (SSSR count). The number of alkyl halides is 1. The summed E-state index contributed by atoms with van der Waals surface area (Å²) in [6.07, 6.45) is 0.535. The fourth-order valence-corrected chi connectivity index (χ4v) is 4.79. The second-order valence-corrected chi connectivity index (χ2v) is 9.26. The Morgan fingerprint density at radius 1 is 1.03 bits per heavy atom. The number of piperidine rings is 1. The average molecular weight is 618 g/mol. The van der Waals surface area contributed by atoms with E-state index in [-0.39, 0.29) is 37.3 Å². The third kappa shape index (κ3) is 5.96. The van der Waals surface area contributed by atoms with Crippen molar-refractivity contribution in [3.63, 3.8) is 0 Å². The predicted octanol–water partition coefficient (Wildman–Crippen LogP) is 2.47. The van der Waals surface area contributed by atoms with Crippen molar-refractivity contribution in [3.05, 3.63) is 64.7 Å². The van der Waals surface area contributed by atoms with Gasteiger partial charge in [0.05, 0.1) is 6.54 Å². The van der Waals surface area contributed by atoms with Gasteiger partial charge in [-0.05, 0) is 48.2 Å². The van der Waals surface area contributed by atoms with Gasteiger partial charge in [-0.15, -0.1) is 0 Å². The van der Waals surface area contributed by atoms with Gasteiger partial charge in [0, 0.05) is 49.3 Å². The Morgan fingerprint density at radius 3 is 2.41 bits per heavy atom. The topological polar surface area (TPSA) is 99.3 Å². The van der Waals surface area contributed by atoms with Gasteiger partial charge in [0.15, 0.2) is 0 Å². The SMILES string of the molecule is CI.CN1CCN(C(=O)c2ccc(COc3cccc4c3CN(C3CCC(=O)NC3=O)C4=O)cc2)CC1. The fourth-order valence-electron chi connectivity index (χ4n) is 4.79. The molecule has 0 aromatic heterocycles. The van der Waals surface area contributed by atoms with Crippen LogP contribution in [-0.4, -0.2) is 82.5 Å². The minimum atomic E-state index is -0.661. The fraction of sp³-hybridized carbons (Fsp3) is 0.407. The van der Waals surface area contributed by atoms with Crippen molar-refractivity contribution in [2.75, 3.05) is 38.2 Å². The van der Waals surface area contributed by atoms with Gasteiger partial charge < -0.3 is 19.4 Å². The summed E-state index contributed by atoms with van der Waals surface area (Å²) in [7, 11) is 2.06. The maximum absolute atomic E-state index is 13.0. The van der Waals surface area contributed by atoms with E-state index in [2.05, 4.69) is 39.9 Å². The van der Waals surface area contributed by atoms with E-state index in [0.29, 0.717) is 23.3 Å². The summed E-state index contributed by atoms with van der Waals surface area (Å²) in [5.74, 6) is -0.347. The summed E-state index contributed by atoms with van der Waals surface area (Å²) in [5, 5.41) is 2.32. The molecule has 10 heteroatoms. The zero-order valence-electron chi connectivity index (χ0n) is 21.0. The van der Waals surface area contributed by atoms with E-state index in [4.69, 9.17) is 4.74 Å². The van der Waals surface area contributed by atoms with Gasteiger partial charge in [0.2, 0.25) is 11.8 Å². The number of fused-ring (bicyclic) bond motifs is 1. The smallest absolute Gasteiger partial charge is 0.255 e. The summed E-state index contributed by atoms with van der Waals surface area (Å²) < 4.78 is 6.06. The molecular weight excluding hydrogens is 587 g/mol. The number of imide groups is 1. The molecule has 4 amide bonds. The first-order valence-electron chi connectivity index (χ1n) is 12.2. The van der Waals surface area contributed by atoms with Crippen LogP contribution in [0.25, 0.3) is 0 Å². The normalized spacial score (nSPS) is 19.6. The zero-order valence-corrected chi connectivity index (χ0v) is 23.2. The molecule has 9 nitrogen and oxygen atoms in total. The Labute approximate surface area is 230 Å². The number of nitrogens with zero attached hydrogens (tertiary/aromatic N) is 3. The molecule has 2 fully saturated rings. The van der Waals surface area contributed by atoms with E-state index in [1.165, 1.54) is 4.90 Å². The summed E-state index contributed by atoms with van der Waals surface area (Å²) >= 11 is 2.15. The van der Waals surface area contributed by atoms with E-state index in [9.17, 15) is 19.2 Å². The Morgan fingerprint density at radius 2 is 1.73 bits per heavy atom. The highest BCUT2D eigenvalue weighted by Gasteiger charge is 2.40. The standard InChI is InChI=1S/C26H28N4O5.CH3I/c1-28-11-13-29(14-12-28)25(33)18-7-5-17(6-8-18)16-35-22-4-2-3-19-20(22)15-30(26(19)34)21-9-10-23(31)27-24(21)32;1-2/h2-8,21H,9-16H2,1H3,(H,27,31,32);1H3. The molecule has 37 heavy (non-hydrogen) atoms. The van der Waals surface area contributed by atoms with Crippen molar-refractivity contribution in [1.29, 1.82) is 0 Å². The van der Waals surface area contributed by atoms with Gasteiger partial charge in [0.1, 0.15) is 18.4 Å². The van der Waals surface area contributed by atoms with Crippen molar-refractivity contribution >= 4 is 46.2 Å². The third-order valence-electron chi connectivity index (χ3n) is 6.92. The lowest BCUT2D eigenvalue weighted by atomic mass is 10.0. The quantitative estimate of drug-likeness (QED) is 0.314. The van der Waals surface area contributed by atoms with Crippen LogP contribution in [0, 0.1) is 0 Å². The van der Waals surface area contributed by atoms with Crippen LogP contribution in [0.4, 0.5) is 0 Å². The molecule has 1 unspecified atom stereocenters. The van der Waals surface area contributed by atoms with Gasteiger partial charge in [-0.3, -0.25) is 24.5 Å². The Hall–Kier alpha value is -2.99. The van der Waals surface area contributed by atoms with Crippen molar-refractivity contribution in [3.8, 4) is 5.75 Å². The second kappa shape index (κ2) is 12.0. The van der Waals surface area contributed by atoms with Crippen molar-refractivity contribution in [2.24, 2.45) is 0 Å². The third-order valence-corrected chi connectivity index (χ3v) is 6.92. The van der Waals surface area contributed by atoms with Crippen molar-refractivity contribution in [1.82, 2.24) is 20.0 Å².